The molecule has 0 aromatic carbocycles. The smallest absolute Gasteiger partial charge is 0.238 e. The van der Waals surface area contributed by atoms with Crippen molar-refractivity contribution in [3.05, 3.63) is 0 Å². The standard InChI is InChI=1S/C36H68N2O16/c1-2-3-4-5-6-7-8-9-10-11-12-13-14-15-16-20(37)33(49)38-34-28(46)26(44)31(22(18-40)50-34)53-36-30(48)27(45)32(23(19-41)52-36)54-35-29(47)25(43)24(42)21(17-39)51-35/h20-32,34-36,39-48H,2-19,37H2,1H3,(H,38,49)/t20?,21-,22-,23-,24+,25+,26-,27-,28-,29-,30-,31+,32+,34-,35-,36-/m1/s1. The highest BCUT2D eigenvalue weighted by molar-refractivity contribution is 5.81. The molecule has 3 fully saturated rings. The Hall–Kier alpha value is -1.17. The summed E-state index contributed by atoms with van der Waals surface area (Å²) in [4.78, 5) is 12.9. The molecule has 3 rings (SSSR count). The van der Waals surface area contributed by atoms with Crippen LogP contribution in [-0.4, -0.2) is 175 Å². The molecule has 1 amide bonds. The van der Waals surface area contributed by atoms with Crippen molar-refractivity contribution in [2.24, 2.45) is 5.73 Å². The number of hydrogen-bond acceptors (Lipinski definition) is 17. The van der Waals surface area contributed by atoms with E-state index in [4.69, 9.17) is 29.4 Å². The lowest BCUT2D eigenvalue weighted by atomic mass is 9.95. The first-order valence-electron chi connectivity index (χ1n) is 19.8. The zero-order valence-electron chi connectivity index (χ0n) is 31.5. The molecule has 0 aliphatic carbocycles. The Bertz CT molecular complexity index is 1030. The van der Waals surface area contributed by atoms with Crippen LogP contribution in [0.4, 0.5) is 0 Å². The molecule has 318 valence electrons. The quantitative estimate of drug-likeness (QED) is 0.0460. The molecule has 3 aliphatic heterocycles. The molecule has 0 aromatic heterocycles. The maximum absolute atomic E-state index is 12.9. The summed E-state index contributed by atoms with van der Waals surface area (Å²) in [6, 6.07) is -0.905. The van der Waals surface area contributed by atoms with Crippen molar-refractivity contribution in [1.82, 2.24) is 5.32 Å². The third kappa shape index (κ3) is 13.5. The lowest BCUT2D eigenvalue weighted by Crippen LogP contribution is -2.68. The molecule has 3 saturated heterocycles. The van der Waals surface area contributed by atoms with E-state index in [2.05, 4.69) is 12.2 Å². The number of carbonyl (C=O) groups excluding carboxylic acids is 1. The Kier molecular flexibility index (Phi) is 21.5. The number of carbonyl (C=O) groups is 1. The van der Waals surface area contributed by atoms with E-state index in [9.17, 15) is 55.9 Å². The molecular formula is C36H68N2O16. The van der Waals surface area contributed by atoms with Gasteiger partial charge < -0.3 is 85.8 Å². The molecule has 0 spiro atoms. The van der Waals surface area contributed by atoms with E-state index in [1.54, 1.807) is 0 Å². The summed E-state index contributed by atoms with van der Waals surface area (Å²) in [7, 11) is 0. The molecule has 0 aromatic rings. The minimum absolute atomic E-state index is 0.400. The normalized spacial score (nSPS) is 38.0. The Balaban J connectivity index is 1.42. The number of nitrogens with two attached hydrogens (primary N) is 1. The van der Waals surface area contributed by atoms with Gasteiger partial charge in [-0.15, -0.1) is 0 Å². The molecule has 13 N–H and O–H groups in total. The number of hydrogen-bond donors (Lipinski definition) is 12. The maximum Gasteiger partial charge on any atom is 0.238 e. The molecule has 0 bridgehead atoms. The third-order valence-electron chi connectivity index (χ3n) is 10.6. The Morgan fingerprint density at radius 3 is 1.44 bits per heavy atom. The second-order valence-electron chi connectivity index (χ2n) is 14.9. The highest BCUT2D eigenvalue weighted by Gasteiger charge is 2.53. The number of amides is 1. The highest BCUT2D eigenvalue weighted by Crippen LogP contribution is 2.32. The van der Waals surface area contributed by atoms with E-state index >= 15 is 0 Å². The highest BCUT2D eigenvalue weighted by atomic mass is 16.7. The van der Waals surface area contributed by atoms with Gasteiger partial charge in [-0.2, -0.15) is 0 Å². The van der Waals surface area contributed by atoms with E-state index in [-0.39, 0.29) is 0 Å². The third-order valence-corrected chi connectivity index (χ3v) is 10.6. The van der Waals surface area contributed by atoms with Crippen LogP contribution < -0.4 is 11.1 Å². The van der Waals surface area contributed by atoms with Crippen LogP contribution in [0, 0.1) is 0 Å². The van der Waals surface area contributed by atoms with Crippen molar-refractivity contribution in [3.63, 3.8) is 0 Å². The Labute approximate surface area is 317 Å². The van der Waals surface area contributed by atoms with Gasteiger partial charge in [0, 0.05) is 0 Å². The molecule has 54 heavy (non-hydrogen) atoms. The van der Waals surface area contributed by atoms with Crippen LogP contribution in [0.2, 0.25) is 0 Å². The lowest BCUT2D eigenvalue weighted by molar-refractivity contribution is -0.373. The fourth-order valence-corrected chi connectivity index (χ4v) is 7.13. The van der Waals surface area contributed by atoms with Crippen LogP contribution in [0.15, 0.2) is 0 Å². The minimum Gasteiger partial charge on any atom is -0.394 e. The van der Waals surface area contributed by atoms with Crippen molar-refractivity contribution in [3.8, 4) is 0 Å². The van der Waals surface area contributed by atoms with Crippen LogP contribution in [0.25, 0.3) is 0 Å². The van der Waals surface area contributed by atoms with Gasteiger partial charge in [0.15, 0.2) is 18.8 Å². The first kappa shape index (κ1) is 47.2. The summed E-state index contributed by atoms with van der Waals surface area (Å²) in [6.45, 7) is -0.138. The van der Waals surface area contributed by atoms with E-state index in [1.165, 1.54) is 64.2 Å². The van der Waals surface area contributed by atoms with Crippen LogP contribution in [0.1, 0.15) is 103 Å². The van der Waals surface area contributed by atoms with Crippen LogP contribution in [0.5, 0.6) is 0 Å². The number of rotatable bonds is 24. The number of aliphatic hydroxyl groups is 10. The fraction of sp³-hybridized carbons (Fsp3) is 0.972. The first-order valence-corrected chi connectivity index (χ1v) is 19.8. The topological polar surface area (TPSA) is 304 Å². The van der Waals surface area contributed by atoms with Gasteiger partial charge in [-0.25, -0.2) is 0 Å². The van der Waals surface area contributed by atoms with Crippen molar-refractivity contribution in [2.45, 2.75) is 201 Å². The molecule has 1 unspecified atom stereocenters. The van der Waals surface area contributed by atoms with Gasteiger partial charge in [-0.3, -0.25) is 4.79 Å². The molecule has 0 radical (unpaired) electrons. The summed E-state index contributed by atoms with van der Waals surface area (Å²) in [5.41, 5.74) is 6.10. The average molecular weight is 785 g/mol. The fourth-order valence-electron chi connectivity index (χ4n) is 7.13. The van der Waals surface area contributed by atoms with Gasteiger partial charge in [-0.1, -0.05) is 96.8 Å². The van der Waals surface area contributed by atoms with E-state index < -0.39 is 124 Å². The van der Waals surface area contributed by atoms with Crippen molar-refractivity contribution < 1.29 is 79.5 Å². The second kappa shape index (κ2) is 24.6. The molecular weight excluding hydrogens is 716 g/mol. The molecule has 3 aliphatic rings. The number of aliphatic hydroxyl groups excluding tert-OH is 10. The number of ether oxygens (including phenoxy) is 5. The maximum atomic E-state index is 12.9. The van der Waals surface area contributed by atoms with Gasteiger partial charge in [0.2, 0.25) is 5.91 Å². The van der Waals surface area contributed by atoms with Gasteiger partial charge in [-0.05, 0) is 6.42 Å². The predicted octanol–water partition coefficient (Wildman–Crippen LogP) is -2.25. The zero-order valence-corrected chi connectivity index (χ0v) is 31.5. The zero-order chi connectivity index (χ0) is 39.8. The van der Waals surface area contributed by atoms with Gasteiger partial charge in [0.25, 0.3) is 0 Å². The van der Waals surface area contributed by atoms with E-state index in [0.717, 1.165) is 25.7 Å². The first-order chi connectivity index (χ1) is 25.9. The van der Waals surface area contributed by atoms with E-state index in [1.807, 2.05) is 0 Å². The summed E-state index contributed by atoms with van der Waals surface area (Å²) in [6.07, 6.45) is -8.00. The van der Waals surface area contributed by atoms with Crippen LogP contribution in [-0.2, 0) is 28.5 Å². The summed E-state index contributed by atoms with van der Waals surface area (Å²) >= 11 is 0. The van der Waals surface area contributed by atoms with Crippen LogP contribution >= 0.6 is 0 Å². The van der Waals surface area contributed by atoms with Crippen molar-refractivity contribution >= 4 is 5.91 Å². The molecule has 16 atom stereocenters. The summed E-state index contributed by atoms with van der Waals surface area (Å²) in [5, 5.41) is 106. The monoisotopic (exact) mass is 784 g/mol. The Morgan fingerprint density at radius 1 is 0.556 bits per heavy atom. The van der Waals surface area contributed by atoms with Gasteiger partial charge in [0.1, 0.15) is 73.2 Å². The predicted molar refractivity (Wildman–Crippen MR) is 190 cm³/mol. The second-order valence-corrected chi connectivity index (χ2v) is 14.9. The SMILES string of the molecule is CCCCCCCCCCCCCCCCC(N)C(=O)N[C@@H]1O[C@H](CO)[C@H](O[C@H]2O[C@H](CO)[C@H](O[C@H]3O[C@H](CO)[C@H](O)[C@H](O)[C@H]3O)[C@H](O)[C@H]2O)[C@H](O)[C@H]1O. The van der Waals surface area contributed by atoms with Gasteiger partial charge >= 0.3 is 0 Å². The minimum atomic E-state index is -1.95. The summed E-state index contributed by atoms with van der Waals surface area (Å²) < 4.78 is 27.7. The molecule has 18 nitrogen and oxygen atoms in total. The van der Waals surface area contributed by atoms with E-state index in [0.29, 0.717) is 6.42 Å². The van der Waals surface area contributed by atoms with Gasteiger partial charge in [0.05, 0.1) is 25.9 Å². The largest absolute Gasteiger partial charge is 0.394 e. The molecule has 0 saturated carbocycles. The number of unbranched alkanes of at least 4 members (excludes halogenated alkanes) is 13. The lowest BCUT2D eigenvalue weighted by Gasteiger charge is -2.48. The van der Waals surface area contributed by atoms with Crippen molar-refractivity contribution in [1.29, 1.82) is 0 Å². The Morgan fingerprint density at radius 2 is 0.963 bits per heavy atom. The molecule has 3 heterocycles. The van der Waals surface area contributed by atoms with Crippen molar-refractivity contribution in [2.75, 3.05) is 19.8 Å². The molecule has 18 heteroatoms. The number of nitrogens with one attached hydrogen (secondary N) is 1. The summed E-state index contributed by atoms with van der Waals surface area (Å²) in [5.74, 6) is -0.623. The van der Waals surface area contributed by atoms with Crippen LogP contribution in [0.3, 0.4) is 0 Å². The average Bonchev–Trinajstić information content (AvgIpc) is 3.17.